The fourth-order valence-corrected chi connectivity index (χ4v) is 2.77. The zero-order chi connectivity index (χ0) is 13.0. The van der Waals surface area contributed by atoms with Crippen molar-refractivity contribution in [1.29, 1.82) is 0 Å². The van der Waals surface area contributed by atoms with Gasteiger partial charge in [-0.3, -0.25) is 4.90 Å². The SMILES string of the molecule is CC1CCCN(CCNc2ccc(Cl)cc2)C1C. The molecule has 0 aromatic heterocycles. The Morgan fingerprint density at radius 1 is 1.28 bits per heavy atom. The Morgan fingerprint density at radius 3 is 2.72 bits per heavy atom. The summed E-state index contributed by atoms with van der Waals surface area (Å²) in [5, 5.41) is 4.25. The van der Waals surface area contributed by atoms with E-state index in [2.05, 4.69) is 24.1 Å². The van der Waals surface area contributed by atoms with Gasteiger partial charge in [0.15, 0.2) is 0 Å². The van der Waals surface area contributed by atoms with Gasteiger partial charge in [0.05, 0.1) is 0 Å². The van der Waals surface area contributed by atoms with Crippen LogP contribution in [0.25, 0.3) is 0 Å². The van der Waals surface area contributed by atoms with Gasteiger partial charge in [0.25, 0.3) is 0 Å². The highest BCUT2D eigenvalue weighted by Gasteiger charge is 2.23. The first-order valence-corrected chi connectivity index (χ1v) is 7.28. The van der Waals surface area contributed by atoms with Crippen molar-refractivity contribution < 1.29 is 0 Å². The van der Waals surface area contributed by atoms with Gasteiger partial charge in [0.2, 0.25) is 0 Å². The van der Waals surface area contributed by atoms with Crippen LogP contribution in [0.5, 0.6) is 0 Å². The Labute approximate surface area is 115 Å². The molecule has 1 aliphatic rings. The molecule has 1 aromatic rings. The maximum Gasteiger partial charge on any atom is 0.0407 e. The summed E-state index contributed by atoms with van der Waals surface area (Å²) in [5.41, 5.74) is 1.15. The van der Waals surface area contributed by atoms with Gasteiger partial charge in [-0.05, 0) is 56.5 Å². The summed E-state index contributed by atoms with van der Waals surface area (Å²) in [5.74, 6) is 0.828. The quantitative estimate of drug-likeness (QED) is 0.890. The maximum absolute atomic E-state index is 5.87. The van der Waals surface area contributed by atoms with Crippen molar-refractivity contribution in [3.63, 3.8) is 0 Å². The van der Waals surface area contributed by atoms with Crippen molar-refractivity contribution in [3.05, 3.63) is 29.3 Å². The summed E-state index contributed by atoms with van der Waals surface area (Å²) in [6.07, 6.45) is 2.72. The summed E-state index contributed by atoms with van der Waals surface area (Å²) in [7, 11) is 0. The zero-order valence-electron chi connectivity index (χ0n) is 11.3. The Kier molecular flexibility index (Phi) is 4.90. The third-order valence-corrected chi connectivity index (χ3v) is 4.33. The number of nitrogens with one attached hydrogen (secondary N) is 1. The first-order chi connectivity index (χ1) is 8.66. The molecule has 0 saturated carbocycles. The highest BCUT2D eigenvalue weighted by molar-refractivity contribution is 6.30. The van der Waals surface area contributed by atoms with Crippen molar-refractivity contribution in [2.75, 3.05) is 25.0 Å². The van der Waals surface area contributed by atoms with Gasteiger partial charge in [-0.15, -0.1) is 0 Å². The Morgan fingerprint density at radius 2 is 2.00 bits per heavy atom. The molecule has 1 aromatic carbocycles. The molecule has 0 radical (unpaired) electrons. The molecular formula is C15H23ClN2. The molecule has 2 rings (SSSR count). The molecule has 1 saturated heterocycles. The van der Waals surface area contributed by atoms with Crippen LogP contribution in [0.4, 0.5) is 5.69 Å². The number of likely N-dealkylation sites (tertiary alicyclic amines) is 1. The van der Waals surface area contributed by atoms with E-state index in [-0.39, 0.29) is 0 Å². The molecule has 3 heteroatoms. The van der Waals surface area contributed by atoms with E-state index >= 15 is 0 Å². The first-order valence-electron chi connectivity index (χ1n) is 6.90. The number of piperidine rings is 1. The van der Waals surface area contributed by atoms with Crippen LogP contribution in [-0.2, 0) is 0 Å². The second-order valence-electron chi connectivity index (χ2n) is 5.33. The van der Waals surface area contributed by atoms with Crippen LogP contribution >= 0.6 is 11.6 Å². The molecule has 18 heavy (non-hydrogen) atoms. The minimum Gasteiger partial charge on any atom is -0.384 e. The molecule has 1 N–H and O–H groups in total. The Bertz CT molecular complexity index is 363. The zero-order valence-corrected chi connectivity index (χ0v) is 12.1. The van der Waals surface area contributed by atoms with E-state index in [1.54, 1.807) is 0 Å². The number of rotatable bonds is 4. The van der Waals surface area contributed by atoms with Gasteiger partial charge < -0.3 is 5.32 Å². The van der Waals surface area contributed by atoms with Crippen molar-refractivity contribution in [2.24, 2.45) is 5.92 Å². The van der Waals surface area contributed by atoms with Gasteiger partial charge in [0.1, 0.15) is 0 Å². The minimum absolute atomic E-state index is 0.714. The molecule has 0 amide bonds. The summed E-state index contributed by atoms with van der Waals surface area (Å²) in [6, 6.07) is 8.63. The van der Waals surface area contributed by atoms with Crippen LogP contribution in [0.1, 0.15) is 26.7 Å². The lowest BCUT2D eigenvalue weighted by Crippen LogP contribution is -2.44. The van der Waals surface area contributed by atoms with Gasteiger partial charge in [-0.25, -0.2) is 0 Å². The summed E-state index contributed by atoms with van der Waals surface area (Å²) >= 11 is 5.87. The Balaban J connectivity index is 1.76. The maximum atomic E-state index is 5.87. The predicted molar refractivity (Wildman–Crippen MR) is 79.4 cm³/mol. The average Bonchev–Trinajstić information content (AvgIpc) is 2.37. The second kappa shape index (κ2) is 6.44. The number of hydrogen-bond acceptors (Lipinski definition) is 2. The molecule has 1 aliphatic heterocycles. The van der Waals surface area contributed by atoms with Crippen LogP contribution in [0, 0.1) is 5.92 Å². The lowest BCUT2D eigenvalue weighted by molar-refractivity contribution is 0.119. The van der Waals surface area contributed by atoms with Crippen molar-refractivity contribution in [1.82, 2.24) is 4.90 Å². The Hall–Kier alpha value is -0.730. The molecule has 2 nitrogen and oxygen atoms in total. The molecule has 1 fully saturated rings. The molecule has 0 bridgehead atoms. The monoisotopic (exact) mass is 266 g/mol. The van der Waals surface area contributed by atoms with Crippen LogP contribution < -0.4 is 5.32 Å². The third kappa shape index (κ3) is 3.63. The van der Waals surface area contributed by atoms with Crippen LogP contribution in [0.3, 0.4) is 0 Å². The first kappa shape index (κ1) is 13.7. The van der Waals surface area contributed by atoms with Gasteiger partial charge in [-0.1, -0.05) is 18.5 Å². The normalized spacial score (nSPS) is 25.1. The van der Waals surface area contributed by atoms with Crippen LogP contribution in [0.15, 0.2) is 24.3 Å². The number of halogens is 1. The van der Waals surface area contributed by atoms with Crippen molar-refractivity contribution in [3.8, 4) is 0 Å². The predicted octanol–water partition coefficient (Wildman–Crippen LogP) is 3.87. The highest BCUT2D eigenvalue weighted by Crippen LogP contribution is 2.22. The summed E-state index contributed by atoms with van der Waals surface area (Å²) in [4.78, 5) is 2.59. The topological polar surface area (TPSA) is 15.3 Å². The van der Waals surface area contributed by atoms with Crippen molar-refractivity contribution >= 4 is 17.3 Å². The van der Waals surface area contributed by atoms with Gasteiger partial charge >= 0.3 is 0 Å². The fraction of sp³-hybridized carbons (Fsp3) is 0.600. The van der Waals surface area contributed by atoms with E-state index in [0.717, 1.165) is 29.7 Å². The van der Waals surface area contributed by atoms with Gasteiger partial charge in [0, 0.05) is 29.8 Å². The number of anilines is 1. The van der Waals surface area contributed by atoms with E-state index in [0.29, 0.717) is 6.04 Å². The molecule has 2 unspecified atom stereocenters. The van der Waals surface area contributed by atoms with Crippen LogP contribution in [-0.4, -0.2) is 30.6 Å². The molecular weight excluding hydrogens is 244 g/mol. The van der Waals surface area contributed by atoms with E-state index < -0.39 is 0 Å². The second-order valence-corrected chi connectivity index (χ2v) is 5.77. The molecule has 100 valence electrons. The number of nitrogens with zero attached hydrogens (tertiary/aromatic N) is 1. The number of hydrogen-bond donors (Lipinski definition) is 1. The lowest BCUT2D eigenvalue weighted by Gasteiger charge is -2.38. The van der Waals surface area contributed by atoms with Crippen molar-refractivity contribution in [2.45, 2.75) is 32.7 Å². The van der Waals surface area contributed by atoms with Gasteiger partial charge in [-0.2, -0.15) is 0 Å². The molecule has 2 atom stereocenters. The fourth-order valence-electron chi connectivity index (χ4n) is 2.65. The third-order valence-electron chi connectivity index (χ3n) is 4.08. The van der Waals surface area contributed by atoms with E-state index in [1.165, 1.54) is 19.4 Å². The van der Waals surface area contributed by atoms with E-state index in [4.69, 9.17) is 11.6 Å². The van der Waals surface area contributed by atoms with E-state index in [1.807, 2.05) is 24.3 Å². The highest BCUT2D eigenvalue weighted by atomic mass is 35.5. The van der Waals surface area contributed by atoms with E-state index in [9.17, 15) is 0 Å². The summed E-state index contributed by atoms with van der Waals surface area (Å²) < 4.78 is 0. The number of benzene rings is 1. The molecule has 1 heterocycles. The molecule has 0 spiro atoms. The van der Waals surface area contributed by atoms with Crippen LogP contribution in [0.2, 0.25) is 5.02 Å². The average molecular weight is 267 g/mol. The lowest BCUT2D eigenvalue weighted by atomic mass is 9.92. The largest absolute Gasteiger partial charge is 0.384 e. The minimum atomic E-state index is 0.714. The molecule has 0 aliphatic carbocycles. The summed E-state index contributed by atoms with van der Waals surface area (Å²) in [6.45, 7) is 8.08. The smallest absolute Gasteiger partial charge is 0.0407 e. The standard InChI is InChI=1S/C15H23ClN2/c1-12-4-3-10-18(13(12)2)11-9-17-15-7-5-14(16)6-8-15/h5-8,12-13,17H,3-4,9-11H2,1-2H3.